The molecule has 0 atom stereocenters. The van der Waals surface area contributed by atoms with Crippen LogP contribution in [0.25, 0.3) is 20.7 Å². The third-order valence-electron chi connectivity index (χ3n) is 6.08. The zero-order chi connectivity index (χ0) is 20.7. The van der Waals surface area contributed by atoms with Gasteiger partial charge in [0.2, 0.25) is 5.88 Å². The molecule has 2 amide bonds. The standard InChI is InChI=1S/C21H24N4O3S2/c1-13-3-4-15(29-13)14-11-22-18(27-2)16-17(14)30-19(23-16)24-20(26)25-8-5-21(12-25)6-9-28-10-7-21/h3-4,11H,5-10,12H2,1-2H3,(H,23,24,26). The van der Waals surface area contributed by atoms with Crippen molar-refractivity contribution < 1.29 is 14.3 Å². The lowest BCUT2D eigenvalue weighted by Gasteiger charge is -2.33. The molecule has 0 radical (unpaired) electrons. The van der Waals surface area contributed by atoms with E-state index in [2.05, 4.69) is 34.3 Å². The highest BCUT2D eigenvalue weighted by molar-refractivity contribution is 7.23. The molecule has 7 nitrogen and oxygen atoms in total. The number of likely N-dealkylation sites (tertiary alicyclic amines) is 1. The van der Waals surface area contributed by atoms with E-state index in [0.29, 0.717) is 16.5 Å². The van der Waals surface area contributed by atoms with Crippen LogP contribution in [-0.2, 0) is 4.74 Å². The largest absolute Gasteiger partial charge is 0.479 e. The van der Waals surface area contributed by atoms with Crippen molar-refractivity contribution in [3.63, 3.8) is 0 Å². The highest BCUT2D eigenvalue weighted by Gasteiger charge is 2.41. The van der Waals surface area contributed by atoms with Gasteiger partial charge in [-0.25, -0.2) is 14.8 Å². The van der Waals surface area contributed by atoms with Crippen molar-refractivity contribution in [3.8, 4) is 16.3 Å². The first-order valence-corrected chi connectivity index (χ1v) is 11.7. The summed E-state index contributed by atoms with van der Waals surface area (Å²) in [4.78, 5) is 26.3. The summed E-state index contributed by atoms with van der Waals surface area (Å²) in [5.74, 6) is 0.473. The van der Waals surface area contributed by atoms with Gasteiger partial charge in [-0.2, -0.15) is 0 Å². The minimum absolute atomic E-state index is 0.0853. The summed E-state index contributed by atoms with van der Waals surface area (Å²) in [6, 6.07) is 4.11. The Bertz CT molecular complexity index is 1090. The molecule has 5 heterocycles. The second-order valence-corrected chi connectivity index (χ2v) is 10.3. The lowest BCUT2D eigenvalue weighted by molar-refractivity contribution is 0.0211. The Morgan fingerprint density at radius 1 is 1.27 bits per heavy atom. The fourth-order valence-corrected chi connectivity index (χ4v) is 6.26. The SMILES string of the molecule is COc1ncc(-c2ccc(C)s2)c2sc(NC(=O)N3CCC4(CCOCC4)C3)nc12. The summed E-state index contributed by atoms with van der Waals surface area (Å²) in [5, 5.41) is 3.59. The Morgan fingerprint density at radius 3 is 2.83 bits per heavy atom. The number of fused-ring (bicyclic) bond motifs is 1. The van der Waals surface area contributed by atoms with Gasteiger partial charge in [-0.1, -0.05) is 11.3 Å². The first-order chi connectivity index (χ1) is 14.6. The molecule has 9 heteroatoms. The van der Waals surface area contributed by atoms with E-state index in [-0.39, 0.29) is 11.4 Å². The van der Waals surface area contributed by atoms with Gasteiger partial charge in [-0.05, 0) is 43.7 Å². The number of pyridine rings is 1. The fraction of sp³-hybridized carbons (Fsp3) is 0.476. The molecule has 1 spiro atoms. The Kier molecular flexibility index (Phi) is 5.12. The molecule has 2 saturated heterocycles. The van der Waals surface area contributed by atoms with Crippen molar-refractivity contribution in [2.75, 3.05) is 38.7 Å². The molecule has 0 aliphatic carbocycles. The van der Waals surface area contributed by atoms with Crippen LogP contribution in [0.3, 0.4) is 0 Å². The van der Waals surface area contributed by atoms with Gasteiger partial charge in [0, 0.05) is 47.8 Å². The molecule has 2 aliphatic heterocycles. The number of methoxy groups -OCH3 is 1. The van der Waals surface area contributed by atoms with Gasteiger partial charge in [-0.3, -0.25) is 5.32 Å². The summed E-state index contributed by atoms with van der Waals surface area (Å²) in [5.41, 5.74) is 1.92. The number of anilines is 1. The molecule has 3 aromatic rings. The third kappa shape index (κ3) is 3.55. The second-order valence-electron chi connectivity index (χ2n) is 8.00. The average molecular weight is 445 g/mol. The van der Waals surface area contributed by atoms with Gasteiger partial charge in [0.15, 0.2) is 5.13 Å². The quantitative estimate of drug-likeness (QED) is 0.630. The first kappa shape index (κ1) is 19.7. The van der Waals surface area contributed by atoms with Crippen LogP contribution in [0.4, 0.5) is 9.93 Å². The molecule has 158 valence electrons. The summed E-state index contributed by atoms with van der Waals surface area (Å²) in [6.45, 7) is 5.25. The molecule has 0 saturated carbocycles. The fourth-order valence-electron chi connectivity index (χ4n) is 4.34. The number of hydrogen-bond acceptors (Lipinski definition) is 7. The number of amides is 2. The van der Waals surface area contributed by atoms with E-state index in [1.54, 1.807) is 18.4 Å². The molecule has 3 aromatic heterocycles. The number of nitrogens with one attached hydrogen (secondary N) is 1. The van der Waals surface area contributed by atoms with Crippen LogP contribution in [-0.4, -0.2) is 54.3 Å². The predicted octanol–water partition coefficient (Wildman–Crippen LogP) is 4.77. The van der Waals surface area contributed by atoms with Crippen LogP contribution in [0.5, 0.6) is 5.88 Å². The number of rotatable bonds is 3. The summed E-state index contributed by atoms with van der Waals surface area (Å²) in [6.07, 6.45) is 4.93. The van der Waals surface area contributed by atoms with Crippen LogP contribution in [0, 0.1) is 12.3 Å². The van der Waals surface area contributed by atoms with Crippen molar-refractivity contribution in [2.45, 2.75) is 26.2 Å². The number of carbonyl (C=O) groups is 1. The number of thiophene rings is 1. The number of aryl methyl sites for hydroxylation is 1. The number of hydrogen-bond donors (Lipinski definition) is 1. The van der Waals surface area contributed by atoms with E-state index in [4.69, 9.17) is 9.47 Å². The van der Waals surface area contributed by atoms with Gasteiger partial charge in [-0.15, -0.1) is 11.3 Å². The molecule has 0 aromatic carbocycles. The Hall–Kier alpha value is -2.23. The normalized spacial score (nSPS) is 18.3. The minimum Gasteiger partial charge on any atom is -0.479 e. The number of ether oxygens (including phenoxy) is 2. The van der Waals surface area contributed by atoms with E-state index in [1.165, 1.54) is 16.2 Å². The van der Waals surface area contributed by atoms with Gasteiger partial charge in [0.1, 0.15) is 5.52 Å². The van der Waals surface area contributed by atoms with Crippen LogP contribution >= 0.6 is 22.7 Å². The van der Waals surface area contributed by atoms with Crippen molar-refractivity contribution >= 4 is 44.1 Å². The molecule has 0 unspecified atom stereocenters. The molecular formula is C21H24N4O3S2. The smallest absolute Gasteiger partial charge is 0.323 e. The second kappa shape index (κ2) is 7.79. The van der Waals surface area contributed by atoms with E-state index < -0.39 is 0 Å². The number of urea groups is 1. The van der Waals surface area contributed by atoms with Gasteiger partial charge < -0.3 is 14.4 Å². The number of thiazole rings is 1. The zero-order valence-corrected chi connectivity index (χ0v) is 18.7. The number of carbonyl (C=O) groups excluding carboxylic acids is 1. The van der Waals surface area contributed by atoms with Crippen LogP contribution in [0.2, 0.25) is 0 Å². The van der Waals surface area contributed by atoms with Crippen LogP contribution < -0.4 is 10.1 Å². The highest BCUT2D eigenvalue weighted by atomic mass is 32.1. The molecule has 5 rings (SSSR count). The maximum Gasteiger partial charge on any atom is 0.323 e. The van der Waals surface area contributed by atoms with Crippen LogP contribution in [0.15, 0.2) is 18.3 Å². The molecule has 30 heavy (non-hydrogen) atoms. The first-order valence-electron chi connectivity index (χ1n) is 10.1. The van der Waals surface area contributed by atoms with Gasteiger partial charge >= 0.3 is 6.03 Å². The van der Waals surface area contributed by atoms with E-state index in [0.717, 1.165) is 60.7 Å². The van der Waals surface area contributed by atoms with Gasteiger partial charge in [0.25, 0.3) is 0 Å². The summed E-state index contributed by atoms with van der Waals surface area (Å²) in [7, 11) is 1.59. The van der Waals surface area contributed by atoms with Crippen molar-refractivity contribution in [3.05, 3.63) is 23.2 Å². The molecular weight excluding hydrogens is 420 g/mol. The molecule has 2 fully saturated rings. The van der Waals surface area contributed by atoms with Crippen molar-refractivity contribution in [1.82, 2.24) is 14.9 Å². The maximum absolute atomic E-state index is 12.9. The Balaban J connectivity index is 1.40. The predicted molar refractivity (Wildman–Crippen MR) is 120 cm³/mol. The molecule has 2 aliphatic rings. The highest BCUT2D eigenvalue weighted by Crippen LogP contribution is 2.42. The Morgan fingerprint density at radius 2 is 2.10 bits per heavy atom. The van der Waals surface area contributed by atoms with Crippen LogP contribution in [0.1, 0.15) is 24.1 Å². The topological polar surface area (TPSA) is 76.6 Å². The number of aromatic nitrogens is 2. The minimum atomic E-state index is -0.0853. The third-order valence-corrected chi connectivity index (χ3v) is 8.12. The van der Waals surface area contributed by atoms with Crippen molar-refractivity contribution in [2.24, 2.45) is 5.41 Å². The van der Waals surface area contributed by atoms with Crippen molar-refractivity contribution in [1.29, 1.82) is 0 Å². The monoisotopic (exact) mass is 444 g/mol. The van der Waals surface area contributed by atoms with E-state index in [9.17, 15) is 4.79 Å². The molecule has 1 N–H and O–H groups in total. The van der Waals surface area contributed by atoms with E-state index in [1.807, 2.05) is 11.1 Å². The van der Waals surface area contributed by atoms with Gasteiger partial charge in [0.05, 0.1) is 11.8 Å². The van der Waals surface area contributed by atoms with E-state index >= 15 is 0 Å². The maximum atomic E-state index is 12.9. The number of nitrogens with zero attached hydrogens (tertiary/aromatic N) is 3. The Labute approximate surface area is 183 Å². The summed E-state index contributed by atoms with van der Waals surface area (Å²) >= 11 is 3.19. The molecule has 0 bridgehead atoms. The average Bonchev–Trinajstić information content (AvgIpc) is 3.47. The summed E-state index contributed by atoms with van der Waals surface area (Å²) < 4.78 is 11.9. The zero-order valence-electron chi connectivity index (χ0n) is 17.1. The lowest BCUT2D eigenvalue weighted by Crippen LogP contribution is -2.37. The lowest BCUT2D eigenvalue weighted by atomic mass is 9.80.